The standard InChI is InChI=1S/C19H28N6O/c1-5-14(2)24-18(26)16-8-6-15(7-9-16)12-21-19(20-3)22-13-17-10-11-23-25(17)4/h6-11,14H,5,12-13H2,1-4H3,(H,24,26)(H2,20,21,22). The molecular formula is C19H28N6O. The van der Waals surface area contributed by atoms with Crippen molar-refractivity contribution in [1.29, 1.82) is 0 Å². The molecule has 1 aromatic heterocycles. The van der Waals surface area contributed by atoms with Crippen LogP contribution in [0.1, 0.15) is 41.9 Å². The van der Waals surface area contributed by atoms with Gasteiger partial charge in [0.25, 0.3) is 5.91 Å². The Balaban J connectivity index is 1.84. The number of nitrogens with zero attached hydrogens (tertiary/aromatic N) is 3. The molecule has 0 spiro atoms. The van der Waals surface area contributed by atoms with Crippen molar-refractivity contribution in [3.8, 4) is 0 Å². The van der Waals surface area contributed by atoms with Crippen LogP contribution in [0.4, 0.5) is 0 Å². The van der Waals surface area contributed by atoms with Gasteiger partial charge in [0.1, 0.15) is 0 Å². The molecule has 7 heteroatoms. The summed E-state index contributed by atoms with van der Waals surface area (Å²) in [6.07, 6.45) is 2.69. The topological polar surface area (TPSA) is 83.3 Å². The van der Waals surface area contributed by atoms with Gasteiger partial charge >= 0.3 is 0 Å². The fourth-order valence-electron chi connectivity index (χ4n) is 2.34. The molecule has 26 heavy (non-hydrogen) atoms. The van der Waals surface area contributed by atoms with Crippen molar-refractivity contribution < 1.29 is 4.79 Å². The number of carbonyl (C=O) groups excluding carboxylic acids is 1. The van der Waals surface area contributed by atoms with Crippen LogP contribution in [0, 0.1) is 0 Å². The largest absolute Gasteiger partial charge is 0.352 e. The van der Waals surface area contributed by atoms with Crippen LogP contribution in [0.25, 0.3) is 0 Å². The monoisotopic (exact) mass is 356 g/mol. The van der Waals surface area contributed by atoms with E-state index >= 15 is 0 Å². The average molecular weight is 356 g/mol. The summed E-state index contributed by atoms with van der Waals surface area (Å²) < 4.78 is 1.82. The highest BCUT2D eigenvalue weighted by Gasteiger charge is 2.08. The van der Waals surface area contributed by atoms with Crippen LogP contribution in [0.2, 0.25) is 0 Å². The fourth-order valence-corrected chi connectivity index (χ4v) is 2.34. The Labute approximate surface area is 154 Å². The van der Waals surface area contributed by atoms with Crippen LogP contribution in [0.15, 0.2) is 41.5 Å². The number of hydrogen-bond donors (Lipinski definition) is 3. The van der Waals surface area contributed by atoms with E-state index in [-0.39, 0.29) is 11.9 Å². The molecule has 1 unspecified atom stereocenters. The van der Waals surface area contributed by atoms with Crippen LogP contribution in [-0.4, -0.2) is 34.7 Å². The number of carbonyl (C=O) groups is 1. The lowest BCUT2D eigenvalue weighted by atomic mass is 10.1. The van der Waals surface area contributed by atoms with Gasteiger partial charge in [0.15, 0.2) is 5.96 Å². The summed E-state index contributed by atoms with van der Waals surface area (Å²) in [7, 11) is 3.65. The van der Waals surface area contributed by atoms with Gasteiger partial charge in [-0.25, -0.2) is 0 Å². The van der Waals surface area contributed by atoms with Crippen molar-refractivity contribution >= 4 is 11.9 Å². The van der Waals surface area contributed by atoms with E-state index in [1.54, 1.807) is 13.2 Å². The Morgan fingerprint density at radius 3 is 2.46 bits per heavy atom. The molecule has 1 heterocycles. The maximum atomic E-state index is 12.1. The molecule has 0 fully saturated rings. The number of benzene rings is 1. The molecule has 0 radical (unpaired) electrons. The number of aryl methyl sites for hydroxylation is 1. The highest BCUT2D eigenvalue weighted by atomic mass is 16.1. The summed E-state index contributed by atoms with van der Waals surface area (Å²) in [6, 6.07) is 9.74. The normalized spacial score (nSPS) is 12.5. The highest BCUT2D eigenvalue weighted by molar-refractivity contribution is 5.94. The Hall–Kier alpha value is -2.83. The van der Waals surface area contributed by atoms with Crippen molar-refractivity contribution in [3.63, 3.8) is 0 Å². The first kappa shape index (κ1) is 19.5. The van der Waals surface area contributed by atoms with E-state index in [9.17, 15) is 4.79 Å². The summed E-state index contributed by atoms with van der Waals surface area (Å²) in [5, 5.41) is 13.6. The minimum absolute atomic E-state index is 0.0347. The predicted octanol–water partition coefficient (Wildman–Crippen LogP) is 1.81. The minimum atomic E-state index is -0.0347. The summed E-state index contributed by atoms with van der Waals surface area (Å²) in [6.45, 7) is 5.32. The van der Waals surface area contributed by atoms with E-state index in [1.165, 1.54) is 0 Å². The fraction of sp³-hybridized carbons (Fsp3) is 0.421. The third-order valence-electron chi connectivity index (χ3n) is 4.25. The van der Waals surface area contributed by atoms with Gasteiger partial charge in [-0.2, -0.15) is 5.10 Å². The van der Waals surface area contributed by atoms with Crippen molar-refractivity contribution in [2.45, 2.75) is 39.4 Å². The van der Waals surface area contributed by atoms with E-state index in [4.69, 9.17) is 0 Å². The van der Waals surface area contributed by atoms with E-state index in [0.29, 0.717) is 24.6 Å². The molecule has 0 saturated carbocycles. The lowest BCUT2D eigenvalue weighted by molar-refractivity contribution is 0.0939. The Morgan fingerprint density at radius 2 is 1.88 bits per heavy atom. The van der Waals surface area contributed by atoms with Crippen molar-refractivity contribution in [3.05, 3.63) is 53.3 Å². The molecule has 1 aromatic carbocycles. The molecule has 2 rings (SSSR count). The Bertz CT molecular complexity index is 735. The molecule has 140 valence electrons. The second-order valence-electron chi connectivity index (χ2n) is 6.21. The smallest absolute Gasteiger partial charge is 0.251 e. The second-order valence-corrected chi connectivity index (χ2v) is 6.21. The zero-order valence-corrected chi connectivity index (χ0v) is 15.9. The van der Waals surface area contributed by atoms with Crippen LogP contribution in [0.3, 0.4) is 0 Å². The molecule has 0 aliphatic heterocycles. The first-order valence-electron chi connectivity index (χ1n) is 8.84. The van der Waals surface area contributed by atoms with E-state index in [1.807, 2.05) is 49.0 Å². The molecule has 2 aromatic rings. The van der Waals surface area contributed by atoms with Crippen LogP contribution in [0.5, 0.6) is 0 Å². The number of nitrogens with one attached hydrogen (secondary N) is 3. The zero-order valence-electron chi connectivity index (χ0n) is 15.9. The maximum Gasteiger partial charge on any atom is 0.251 e. The molecule has 1 amide bonds. The molecule has 7 nitrogen and oxygen atoms in total. The van der Waals surface area contributed by atoms with Crippen molar-refractivity contribution in [2.75, 3.05) is 7.05 Å². The van der Waals surface area contributed by atoms with Crippen molar-refractivity contribution in [1.82, 2.24) is 25.7 Å². The maximum absolute atomic E-state index is 12.1. The van der Waals surface area contributed by atoms with Gasteiger partial charge in [0.2, 0.25) is 0 Å². The van der Waals surface area contributed by atoms with E-state index in [0.717, 1.165) is 17.7 Å². The molecule has 0 aliphatic rings. The van der Waals surface area contributed by atoms with Gasteiger partial charge in [-0.1, -0.05) is 19.1 Å². The number of aliphatic imine (C=N–C) groups is 1. The lowest BCUT2D eigenvalue weighted by Crippen LogP contribution is -2.36. The van der Waals surface area contributed by atoms with Gasteiger partial charge in [-0.3, -0.25) is 14.5 Å². The van der Waals surface area contributed by atoms with Gasteiger partial charge in [0.05, 0.1) is 12.2 Å². The highest BCUT2D eigenvalue weighted by Crippen LogP contribution is 2.05. The van der Waals surface area contributed by atoms with Gasteiger partial charge in [0, 0.05) is 38.4 Å². The van der Waals surface area contributed by atoms with Crippen LogP contribution >= 0.6 is 0 Å². The molecule has 1 atom stereocenters. The molecule has 0 saturated heterocycles. The average Bonchev–Trinajstić information content (AvgIpc) is 3.07. The van der Waals surface area contributed by atoms with E-state index < -0.39 is 0 Å². The summed E-state index contributed by atoms with van der Waals surface area (Å²) in [5.41, 5.74) is 2.82. The minimum Gasteiger partial charge on any atom is -0.352 e. The van der Waals surface area contributed by atoms with Crippen LogP contribution < -0.4 is 16.0 Å². The van der Waals surface area contributed by atoms with Gasteiger partial charge in [-0.15, -0.1) is 0 Å². The molecule has 0 aliphatic carbocycles. The number of aromatic nitrogens is 2. The summed E-state index contributed by atoms with van der Waals surface area (Å²) in [5.74, 6) is 0.678. The number of guanidine groups is 1. The first-order valence-corrected chi connectivity index (χ1v) is 8.84. The SMILES string of the molecule is CCC(C)NC(=O)c1ccc(CNC(=NC)NCc2ccnn2C)cc1. The number of amides is 1. The lowest BCUT2D eigenvalue weighted by Gasteiger charge is -2.13. The third kappa shape index (κ3) is 5.61. The quantitative estimate of drug-likeness (QED) is 0.522. The zero-order chi connectivity index (χ0) is 18.9. The van der Waals surface area contributed by atoms with Crippen molar-refractivity contribution in [2.24, 2.45) is 12.0 Å². The third-order valence-corrected chi connectivity index (χ3v) is 4.25. The number of hydrogen-bond acceptors (Lipinski definition) is 3. The summed E-state index contributed by atoms with van der Waals surface area (Å²) in [4.78, 5) is 16.3. The van der Waals surface area contributed by atoms with E-state index in [2.05, 4.69) is 33.0 Å². The number of rotatable bonds is 7. The predicted molar refractivity (Wildman–Crippen MR) is 104 cm³/mol. The molecular weight excluding hydrogens is 328 g/mol. The first-order chi connectivity index (χ1) is 12.5. The Morgan fingerprint density at radius 1 is 1.19 bits per heavy atom. The molecule has 0 bridgehead atoms. The summed E-state index contributed by atoms with van der Waals surface area (Å²) >= 11 is 0. The Kier molecular flexibility index (Phi) is 7.20. The van der Waals surface area contributed by atoms with Crippen LogP contribution in [-0.2, 0) is 20.1 Å². The second kappa shape index (κ2) is 9.60. The van der Waals surface area contributed by atoms with Gasteiger partial charge < -0.3 is 16.0 Å². The molecule has 3 N–H and O–H groups in total. The van der Waals surface area contributed by atoms with Gasteiger partial charge in [-0.05, 0) is 37.1 Å².